The average Bonchev–Trinajstić information content (AvgIpc) is 2.39. The first-order valence-electron chi connectivity index (χ1n) is 6.72. The van der Waals surface area contributed by atoms with Crippen LogP contribution in [0, 0.1) is 12.7 Å². The van der Waals surface area contributed by atoms with E-state index in [1.54, 1.807) is 6.07 Å². The largest absolute Gasteiger partial charge is 0.310 e. The molecule has 0 radical (unpaired) electrons. The zero-order valence-corrected chi connectivity index (χ0v) is 11.7. The van der Waals surface area contributed by atoms with Crippen LogP contribution in [0.1, 0.15) is 31.0 Å². The third-order valence-corrected chi connectivity index (χ3v) is 3.42. The molecule has 0 heterocycles. The molecule has 0 fully saturated rings. The Bertz CT molecular complexity index is 563. The molecule has 2 aromatic carbocycles. The second kappa shape index (κ2) is 5.98. The molecule has 2 rings (SSSR count). The van der Waals surface area contributed by atoms with Crippen LogP contribution in [0.15, 0.2) is 42.5 Å². The summed E-state index contributed by atoms with van der Waals surface area (Å²) < 4.78 is 13.2. The van der Waals surface area contributed by atoms with Crippen molar-refractivity contribution < 1.29 is 4.39 Å². The van der Waals surface area contributed by atoms with Crippen molar-refractivity contribution in [2.45, 2.75) is 26.8 Å². The molecule has 2 heteroatoms. The summed E-state index contributed by atoms with van der Waals surface area (Å²) in [6.45, 7) is 7.13. The SMILES string of the molecule is CCNC(C)c1ccccc1-c1ccc(F)cc1C. The Morgan fingerprint density at radius 3 is 2.53 bits per heavy atom. The lowest BCUT2D eigenvalue weighted by molar-refractivity contribution is 0.599. The van der Waals surface area contributed by atoms with Crippen molar-refractivity contribution in [3.8, 4) is 11.1 Å². The molecule has 1 unspecified atom stereocenters. The van der Waals surface area contributed by atoms with Crippen LogP contribution in [0.25, 0.3) is 11.1 Å². The van der Waals surface area contributed by atoms with E-state index in [2.05, 4.69) is 31.3 Å². The highest BCUT2D eigenvalue weighted by molar-refractivity contribution is 5.71. The van der Waals surface area contributed by atoms with Crippen LogP contribution in [0.5, 0.6) is 0 Å². The van der Waals surface area contributed by atoms with Crippen molar-refractivity contribution in [1.82, 2.24) is 5.32 Å². The second-order valence-electron chi connectivity index (χ2n) is 4.83. The van der Waals surface area contributed by atoms with Crippen molar-refractivity contribution in [1.29, 1.82) is 0 Å². The monoisotopic (exact) mass is 257 g/mol. The van der Waals surface area contributed by atoms with Gasteiger partial charge in [-0.25, -0.2) is 4.39 Å². The maximum atomic E-state index is 13.2. The smallest absolute Gasteiger partial charge is 0.123 e. The zero-order chi connectivity index (χ0) is 13.8. The van der Waals surface area contributed by atoms with Gasteiger partial charge in [0.25, 0.3) is 0 Å². The summed E-state index contributed by atoms with van der Waals surface area (Å²) in [5.41, 5.74) is 4.49. The van der Waals surface area contributed by atoms with E-state index in [0.717, 1.165) is 17.7 Å². The molecule has 0 bridgehead atoms. The van der Waals surface area contributed by atoms with E-state index in [0.29, 0.717) is 0 Å². The van der Waals surface area contributed by atoms with Crippen LogP contribution in [0.4, 0.5) is 4.39 Å². The minimum Gasteiger partial charge on any atom is -0.310 e. The van der Waals surface area contributed by atoms with Gasteiger partial charge in [-0.15, -0.1) is 0 Å². The highest BCUT2D eigenvalue weighted by Crippen LogP contribution is 2.30. The first-order valence-corrected chi connectivity index (χ1v) is 6.72. The van der Waals surface area contributed by atoms with Crippen molar-refractivity contribution in [2.75, 3.05) is 6.54 Å². The lowest BCUT2D eigenvalue weighted by atomic mass is 9.93. The third-order valence-electron chi connectivity index (χ3n) is 3.42. The van der Waals surface area contributed by atoms with E-state index in [9.17, 15) is 4.39 Å². The molecule has 0 saturated heterocycles. The van der Waals surface area contributed by atoms with Gasteiger partial charge in [0.15, 0.2) is 0 Å². The van der Waals surface area contributed by atoms with Gasteiger partial charge in [-0.2, -0.15) is 0 Å². The van der Waals surface area contributed by atoms with E-state index in [4.69, 9.17) is 0 Å². The zero-order valence-electron chi connectivity index (χ0n) is 11.7. The van der Waals surface area contributed by atoms with Crippen molar-refractivity contribution >= 4 is 0 Å². The van der Waals surface area contributed by atoms with Crippen molar-refractivity contribution in [3.05, 3.63) is 59.4 Å². The van der Waals surface area contributed by atoms with Crippen LogP contribution >= 0.6 is 0 Å². The Labute approximate surface area is 114 Å². The maximum absolute atomic E-state index is 13.2. The third kappa shape index (κ3) is 3.02. The second-order valence-corrected chi connectivity index (χ2v) is 4.83. The molecule has 1 N–H and O–H groups in total. The van der Waals surface area contributed by atoms with Crippen LogP contribution in [0.2, 0.25) is 0 Å². The Morgan fingerprint density at radius 2 is 1.84 bits per heavy atom. The van der Waals surface area contributed by atoms with E-state index >= 15 is 0 Å². The van der Waals surface area contributed by atoms with Gasteiger partial charge in [0, 0.05) is 6.04 Å². The Balaban J connectivity index is 2.50. The number of aryl methyl sites for hydroxylation is 1. The Hall–Kier alpha value is -1.67. The van der Waals surface area contributed by atoms with Crippen LogP contribution < -0.4 is 5.32 Å². The molecule has 0 aromatic heterocycles. The molecule has 0 aliphatic heterocycles. The first kappa shape index (κ1) is 13.8. The summed E-state index contributed by atoms with van der Waals surface area (Å²) in [4.78, 5) is 0. The Morgan fingerprint density at radius 1 is 1.11 bits per heavy atom. The molecule has 100 valence electrons. The van der Waals surface area contributed by atoms with E-state index < -0.39 is 0 Å². The number of halogens is 1. The lowest BCUT2D eigenvalue weighted by Gasteiger charge is -2.18. The molecular weight excluding hydrogens is 237 g/mol. The van der Waals surface area contributed by atoms with Crippen LogP contribution in [0.3, 0.4) is 0 Å². The number of nitrogens with one attached hydrogen (secondary N) is 1. The summed E-state index contributed by atoms with van der Waals surface area (Å²) >= 11 is 0. The van der Waals surface area contributed by atoms with Gasteiger partial charge in [0.1, 0.15) is 5.82 Å². The normalized spacial score (nSPS) is 12.4. The molecule has 19 heavy (non-hydrogen) atoms. The minimum absolute atomic E-state index is 0.182. The summed E-state index contributed by atoms with van der Waals surface area (Å²) in [6.07, 6.45) is 0. The average molecular weight is 257 g/mol. The molecule has 0 aliphatic carbocycles. The maximum Gasteiger partial charge on any atom is 0.123 e. The Kier molecular flexibility index (Phi) is 4.33. The van der Waals surface area contributed by atoms with Gasteiger partial charge < -0.3 is 5.32 Å². The summed E-state index contributed by atoms with van der Waals surface area (Å²) in [5.74, 6) is -0.182. The highest BCUT2D eigenvalue weighted by atomic mass is 19.1. The van der Waals surface area contributed by atoms with E-state index in [1.165, 1.54) is 17.2 Å². The summed E-state index contributed by atoms with van der Waals surface area (Å²) in [6, 6.07) is 13.6. The topological polar surface area (TPSA) is 12.0 Å². The van der Waals surface area contributed by atoms with Gasteiger partial charge in [0.05, 0.1) is 0 Å². The number of hydrogen-bond donors (Lipinski definition) is 1. The summed E-state index contributed by atoms with van der Waals surface area (Å²) in [7, 11) is 0. The predicted molar refractivity (Wildman–Crippen MR) is 78.7 cm³/mol. The van der Waals surface area contributed by atoms with Crippen molar-refractivity contribution in [3.63, 3.8) is 0 Å². The molecule has 0 aliphatic rings. The number of hydrogen-bond acceptors (Lipinski definition) is 1. The molecule has 0 amide bonds. The van der Waals surface area contributed by atoms with Crippen LogP contribution in [-0.2, 0) is 0 Å². The standard InChI is InChI=1S/C17H20FN/c1-4-19-13(3)16-7-5-6-8-17(16)15-10-9-14(18)11-12(15)2/h5-11,13,19H,4H2,1-3H3. The van der Waals surface area contributed by atoms with Crippen LogP contribution in [-0.4, -0.2) is 6.54 Å². The lowest BCUT2D eigenvalue weighted by Crippen LogP contribution is -2.18. The predicted octanol–water partition coefficient (Wildman–Crippen LogP) is 4.47. The molecule has 2 aromatic rings. The molecular formula is C17H20FN. The molecule has 1 atom stereocenters. The fourth-order valence-corrected chi connectivity index (χ4v) is 2.47. The first-order chi connectivity index (χ1) is 9.13. The number of rotatable bonds is 4. The fourth-order valence-electron chi connectivity index (χ4n) is 2.47. The highest BCUT2D eigenvalue weighted by Gasteiger charge is 2.12. The van der Waals surface area contributed by atoms with Gasteiger partial charge in [-0.1, -0.05) is 37.3 Å². The summed E-state index contributed by atoms with van der Waals surface area (Å²) in [5, 5.41) is 3.43. The number of benzene rings is 2. The van der Waals surface area contributed by atoms with E-state index in [-0.39, 0.29) is 11.9 Å². The molecule has 0 spiro atoms. The van der Waals surface area contributed by atoms with Crippen molar-refractivity contribution in [2.24, 2.45) is 0 Å². The van der Waals surface area contributed by atoms with Gasteiger partial charge in [-0.3, -0.25) is 0 Å². The minimum atomic E-state index is -0.182. The van der Waals surface area contributed by atoms with Gasteiger partial charge in [0.2, 0.25) is 0 Å². The molecule has 1 nitrogen and oxygen atoms in total. The van der Waals surface area contributed by atoms with Gasteiger partial charge >= 0.3 is 0 Å². The molecule has 0 saturated carbocycles. The fraction of sp³-hybridized carbons (Fsp3) is 0.294. The van der Waals surface area contributed by atoms with E-state index in [1.807, 2.05) is 25.1 Å². The quantitative estimate of drug-likeness (QED) is 0.852. The van der Waals surface area contributed by atoms with Gasteiger partial charge in [-0.05, 0) is 54.8 Å².